The first-order valence-corrected chi connectivity index (χ1v) is 13.5. The van der Waals surface area contributed by atoms with E-state index in [1.165, 1.54) is 0 Å². The summed E-state index contributed by atoms with van der Waals surface area (Å²) in [6, 6.07) is 16.4. The molecule has 0 unspecified atom stereocenters. The second-order valence-electron chi connectivity index (χ2n) is 9.46. The van der Waals surface area contributed by atoms with E-state index < -0.39 is 20.3 Å². The monoisotopic (exact) mass is 437 g/mol. The van der Waals surface area contributed by atoms with Gasteiger partial charge in [0.2, 0.25) is 0 Å². The van der Waals surface area contributed by atoms with Gasteiger partial charge < -0.3 is 14.8 Å². The van der Waals surface area contributed by atoms with Crippen LogP contribution in [-0.4, -0.2) is 37.9 Å². The van der Waals surface area contributed by atoms with Gasteiger partial charge in [0.15, 0.2) is 8.32 Å². The molecule has 0 aliphatic heterocycles. The number of carbonyl (C=O) groups excluding carboxylic acids is 1. The van der Waals surface area contributed by atoms with Crippen LogP contribution in [0.4, 0.5) is 0 Å². The summed E-state index contributed by atoms with van der Waals surface area (Å²) in [5.41, 5.74) is 0.505. The average Bonchev–Trinajstić information content (AvgIpc) is 2.70. The standard InChI is InChI=1S/C25H31NO4Si/c1-25(2,3)31(4,5)30-15-14-21(24(28)29)26-23(27)22-19-12-8-6-10-17(19)16-18-11-7-9-13-20(18)22/h6-13,16,21H,14-15H2,1-5H3,(H,26,27)(H,28,29)/t21-/m0/s1. The van der Waals surface area contributed by atoms with Crippen molar-refractivity contribution in [3.05, 3.63) is 60.2 Å². The molecule has 0 bridgehead atoms. The van der Waals surface area contributed by atoms with Crippen molar-refractivity contribution in [1.82, 2.24) is 5.32 Å². The van der Waals surface area contributed by atoms with Crippen molar-refractivity contribution in [3.8, 4) is 0 Å². The van der Waals surface area contributed by atoms with Crippen LogP contribution in [0.25, 0.3) is 21.5 Å². The molecule has 0 aliphatic rings. The number of hydrogen-bond acceptors (Lipinski definition) is 3. The molecule has 0 aromatic heterocycles. The summed E-state index contributed by atoms with van der Waals surface area (Å²) in [5.74, 6) is -1.44. The van der Waals surface area contributed by atoms with Crippen LogP contribution < -0.4 is 5.32 Å². The Morgan fingerprint density at radius 1 is 1.00 bits per heavy atom. The summed E-state index contributed by atoms with van der Waals surface area (Å²) >= 11 is 0. The lowest BCUT2D eigenvalue weighted by atomic mass is 9.96. The molecule has 3 aromatic rings. The third kappa shape index (κ3) is 4.97. The molecule has 164 valence electrons. The van der Waals surface area contributed by atoms with Crippen molar-refractivity contribution >= 4 is 41.7 Å². The molecule has 0 heterocycles. The number of aliphatic carboxylic acids is 1. The maximum absolute atomic E-state index is 13.3. The fourth-order valence-electron chi connectivity index (χ4n) is 3.39. The number of benzene rings is 3. The summed E-state index contributed by atoms with van der Waals surface area (Å²) in [7, 11) is -1.99. The molecular formula is C25H31NO4Si. The van der Waals surface area contributed by atoms with Crippen molar-refractivity contribution < 1.29 is 19.1 Å². The molecule has 2 N–H and O–H groups in total. The van der Waals surface area contributed by atoms with E-state index in [-0.39, 0.29) is 17.4 Å². The lowest BCUT2D eigenvalue weighted by molar-refractivity contribution is -0.139. The highest BCUT2D eigenvalue weighted by Crippen LogP contribution is 2.36. The van der Waals surface area contributed by atoms with E-state index in [2.05, 4.69) is 39.2 Å². The first-order valence-electron chi connectivity index (χ1n) is 10.6. The van der Waals surface area contributed by atoms with Gasteiger partial charge in [-0.05, 0) is 45.7 Å². The van der Waals surface area contributed by atoms with E-state index in [9.17, 15) is 14.7 Å². The maximum Gasteiger partial charge on any atom is 0.326 e. The van der Waals surface area contributed by atoms with E-state index in [0.717, 1.165) is 21.5 Å². The Kier molecular flexibility index (Phi) is 6.53. The molecule has 0 saturated carbocycles. The zero-order valence-corrected chi connectivity index (χ0v) is 19.9. The number of amides is 1. The van der Waals surface area contributed by atoms with E-state index in [0.29, 0.717) is 12.2 Å². The van der Waals surface area contributed by atoms with Crippen LogP contribution >= 0.6 is 0 Å². The van der Waals surface area contributed by atoms with Crippen molar-refractivity contribution in [2.24, 2.45) is 0 Å². The predicted octanol–water partition coefficient (Wildman–Crippen LogP) is 5.59. The van der Waals surface area contributed by atoms with Crippen LogP contribution in [-0.2, 0) is 9.22 Å². The minimum atomic E-state index is -1.99. The largest absolute Gasteiger partial charge is 0.480 e. The zero-order chi connectivity index (χ0) is 22.8. The number of carbonyl (C=O) groups is 2. The third-order valence-electron chi connectivity index (χ3n) is 6.28. The summed E-state index contributed by atoms with van der Waals surface area (Å²) < 4.78 is 6.13. The SMILES string of the molecule is CC(C)(C)[Si](C)(C)OCC[C@H](NC(=O)c1c2ccccc2cc2ccccc12)C(=O)O. The van der Waals surface area contributed by atoms with Crippen molar-refractivity contribution in [2.45, 2.75) is 51.4 Å². The summed E-state index contributed by atoms with van der Waals surface area (Å²) in [5, 5.41) is 16.0. The summed E-state index contributed by atoms with van der Waals surface area (Å²) in [6.07, 6.45) is 0.219. The van der Waals surface area contributed by atoms with Crippen LogP contribution in [0, 0.1) is 0 Å². The first-order chi connectivity index (χ1) is 14.5. The topological polar surface area (TPSA) is 75.6 Å². The van der Waals surface area contributed by atoms with Crippen LogP contribution in [0.1, 0.15) is 37.6 Å². The zero-order valence-electron chi connectivity index (χ0n) is 18.9. The molecule has 0 saturated heterocycles. The fourth-order valence-corrected chi connectivity index (χ4v) is 4.46. The first kappa shape index (κ1) is 23.0. The van der Waals surface area contributed by atoms with Crippen molar-refractivity contribution in [2.75, 3.05) is 6.61 Å². The Labute approximate surface area is 184 Å². The van der Waals surface area contributed by atoms with E-state index in [4.69, 9.17) is 4.43 Å². The Bertz CT molecular complexity index is 1060. The maximum atomic E-state index is 13.3. The predicted molar refractivity (Wildman–Crippen MR) is 128 cm³/mol. The Balaban J connectivity index is 1.86. The molecule has 3 rings (SSSR count). The normalized spacial score (nSPS) is 13.3. The second kappa shape index (κ2) is 8.81. The quantitative estimate of drug-likeness (QED) is 0.373. The number of rotatable bonds is 7. The smallest absolute Gasteiger partial charge is 0.326 e. The van der Waals surface area contributed by atoms with Gasteiger partial charge in [-0.3, -0.25) is 4.79 Å². The van der Waals surface area contributed by atoms with Gasteiger partial charge in [0, 0.05) is 13.0 Å². The number of nitrogens with one attached hydrogen (secondary N) is 1. The van der Waals surface area contributed by atoms with Gasteiger partial charge in [-0.2, -0.15) is 0 Å². The molecule has 31 heavy (non-hydrogen) atoms. The number of fused-ring (bicyclic) bond motifs is 2. The molecule has 6 heteroatoms. The number of carboxylic acid groups (broad SMARTS) is 1. The van der Waals surface area contributed by atoms with Gasteiger partial charge in [0.25, 0.3) is 5.91 Å². The molecule has 1 amide bonds. The van der Waals surface area contributed by atoms with Crippen molar-refractivity contribution in [3.63, 3.8) is 0 Å². The number of hydrogen-bond donors (Lipinski definition) is 2. The number of carboxylic acids is 1. The molecule has 0 aliphatic carbocycles. The van der Waals surface area contributed by atoms with E-state index in [1.54, 1.807) is 0 Å². The Hall–Kier alpha value is -2.70. The molecule has 0 spiro atoms. The highest BCUT2D eigenvalue weighted by Gasteiger charge is 2.37. The summed E-state index contributed by atoms with van der Waals surface area (Å²) in [6.45, 7) is 11.0. The summed E-state index contributed by atoms with van der Waals surface area (Å²) in [4.78, 5) is 25.2. The lowest BCUT2D eigenvalue weighted by Crippen LogP contribution is -2.44. The van der Waals surface area contributed by atoms with Gasteiger partial charge in [0.05, 0.1) is 5.56 Å². The van der Waals surface area contributed by atoms with Crippen LogP contribution in [0.15, 0.2) is 54.6 Å². The van der Waals surface area contributed by atoms with Gasteiger partial charge in [-0.15, -0.1) is 0 Å². The van der Waals surface area contributed by atoms with E-state index >= 15 is 0 Å². The van der Waals surface area contributed by atoms with Gasteiger partial charge in [-0.25, -0.2) is 4.79 Å². The third-order valence-corrected chi connectivity index (χ3v) is 10.8. The lowest BCUT2D eigenvalue weighted by Gasteiger charge is -2.36. The minimum Gasteiger partial charge on any atom is -0.480 e. The molecule has 3 aromatic carbocycles. The highest BCUT2D eigenvalue weighted by atomic mass is 28.4. The molecule has 1 atom stereocenters. The minimum absolute atomic E-state index is 0.0385. The molecule has 0 fully saturated rings. The Morgan fingerprint density at radius 2 is 1.52 bits per heavy atom. The van der Waals surface area contributed by atoms with E-state index in [1.807, 2.05) is 54.6 Å². The fraction of sp³-hybridized carbons (Fsp3) is 0.360. The highest BCUT2D eigenvalue weighted by molar-refractivity contribution is 6.74. The van der Waals surface area contributed by atoms with Crippen LogP contribution in [0.5, 0.6) is 0 Å². The molecular weight excluding hydrogens is 406 g/mol. The van der Waals surface area contributed by atoms with Gasteiger partial charge in [0.1, 0.15) is 6.04 Å². The van der Waals surface area contributed by atoms with Crippen LogP contribution in [0.3, 0.4) is 0 Å². The molecule has 5 nitrogen and oxygen atoms in total. The van der Waals surface area contributed by atoms with Gasteiger partial charge >= 0.3 is 5.97 Å². The van der Waals surface area contributed by atoms with Crippen LogP contribution in [0.2, 0.25) is 18.1 Å². The average molecular weight is 438 g/mol. The molecule has 0 radical (unpaired) electrons. The Morgan fingerprint density at radius 3 is 2.00 bits per heavy atom. The second-order valence-corrected chi connectivity index (χ2v) is 14.3. The van der Waals surface area contributed by atoms with Gasteiger partial charge in [-0.1, -0.05) is 69.3 Å². The van der Waals surface area contributed by atoms with Crippen molar-refractivity contribution in [1.29, 1.82) is 0 Å².